The Kier molecular flexibility index (Phi) is 5.54. The number of benzene rings is 2. The molecule has 7 nitrogen and oxygen atoms in total. The summed E-state index contributed by atoms with van der Waals surface area (Å²) in [6.07, 6.45) is 2.71. The Morgan fingerprint density at radius 3 is 2.79 bits per heavy atom. The molecule has 8 heteroatoms. The van der Waals surface area contributed by atoms with E-state index in [-0.39, 0.29) is 17.5 Å². The molecule has 2 aromatic carbocycles. The number of hydrogen-bond donors (Lipinski definition) is 2. The summed E-state index contributed by atoms with van der Waals surface area (Å²) in [6.45, 7) is 2.55. The number of unbranched alkanes of at least 4 members (excludes halogenated alkanes) is 1. The van der Waals surface area contributed by atoms with Crippen molar-refractivity contribution < 1.29 is 9.53 Å². The van der Waals surface area contributed by atoms with Crippen LogP contribution in [0.1, 0.15) is 31.7 Å². The number of methoxy groups -OCH3 is 1. The second-order valence-electron chi connectivity index (χ2n) is 8.58. The molecule has 170 valence electrons. The molecule has 1 atom stereocenters. The summed E-state index contributed by atoms with van der Waals surface area (Å²) in [5.41, 5.74) is 4.11. The van der Waals surface area contributed by atoms with Gasteiger partial charge in [-0.2, -0.15) is 0 Å². The summed E-state index contributed by atoms with van der Waals surface area (Å²) < 4.78 is 7.26. The lowest BCUT2D eigenvalue weighted by Crippen LogP contribution is -2.35. The average molecular weight is 463 g/mol. The van der Waals surface area contributed by atoms with E-state index < -0.39 is 0 Å². The molecule has 0 aliphatic carbocycles. The van der Waals surface area contributed by atoms with Gasteiger partial charge < -0.3 is 19.6 Å². The van der Waals surface area contributed by atoms with Crippen molar-refractivity contribution in [1.82, 2.24) is 14.5 Å². The molecule has 1 aliphatic rings. The molecule has 1 aliphatic heterocycles. The van der Waals surface area contributed by atoms with E-state index in [4.69, 9.17) is 17.0 Å². The van der Waals surface area contributed by atoms with Crippen LogP contribution in [-0.4, -0.2) is 33.6 Å². The van der Waals surface area contributed by atoms with E-state index in [1.165, 1.54) is 5.56 Å². The van der Waals surface area contributed by atoms with Crippen LogP contribution in [0.5, 0.6) is 5.75 Å². The maximum Gasteiger partial charge on any atom is 0.278 e. The number of para-hydroxylation sites is 1. The molecule has 0 spiro atoms. The van der Waals surface area contributed by atoms with E-state index in [9.17, 15) is 9.59 Å². The summed E-state index contributed by atoms with van der Waals surface area (Å²) >= 11 is 5.49. The number of ether oxygens (including phenoxy) is 1. The molecule has 0 unspecified atom stereocenters. The van der Waals surface area contributed by atoms with Gasteiger partial charge in [0.15, 0.2) is 4.77 Å². The molecule has 2 N–H and O–H groups in total. The van der Waals surface area contributed by atoms with E-state index in [1.54, 1.807) is 11.7 Å². The molecule has 33 heavy (non-hydrogen) atoms. The van der Waals surface area contributed by atoms with Gasteiger partial charge in [-0.3, -0.25) is 14.2 Å². The van der Waals surface area contributed by atoms with Gasteiger partial charge in [-0.15, -0.1) is 0 Å². The number of carbonyl (C=O) groups excluding carboxylic acids is 1. The minimum absolute atomic E-state index is 0.130. The molecule has 0 fully saturated rings. The zero-order valence-corrected chi connectivity index (χ0v) is 19.5. The van der Waals surface area contributed by atoms with Crippen molar-refractivity contribution in [1.29, 1.82) is 0 Å². The number of amides is 1. The van der Waals surface area contributed by atoms with E-state index in [1.807, 2.05) is 41.3 Å². The third-order valence-electron chi connectivity index (χ3n) is 6.44. The molecule has 0 saturated heterocycles. The molecule has 5 rings (SSSR count). The number of anilines is 1. The summed E-state index contributed by atoms with van der Waals surface area (Å²) in [7, 11) is 1.61. The highest BCUT2D eigenvalue weighted by molar-refractivity contribution is 7.71. The van der Waals surface area contributed by atoms with E-state index in [0.717, 1.165) is 23.0 Å². The third kappa shape index (κ3) is 3.74. The Bertz CT molecular complexity index is 1480. The fourth-order valence-electron chi connectivity index (χ4n) is 4.81. The predicted octanol–water partition coefficient (Wildman–Crippen LogP) is 4.70. The Balaban J connectivity index is 1.30. The van der Waals surface area contributed by atoms with Gasteiger partial charge in [0.25, 0.3) is 5.56 Å². The van der Waals surface area contributed by atoms with Crippen molar-refractivity contribution in [3.05, 3.63) is 63.2 Å². The fourth-order valence-corrected chi connectivity index (χ4v) is 5.08. The number of fused-ring (bicyclic) bond motifs is 4. The second-order valence-corrected chi connectivity index (χ2v) is 8.96. The monoisotopic (exact) mass is 462 g/mol. The lowest BCUT2D eigenvalue weighted by molar-refractivity contribution is -0.119. The van der Waals surface area contributed by atoms with Gasteiger partial charge in [0.2, 0.25) is 5.91 Å². The summed E-state index contributed by atoms with van der Waals surface area (Å²) in [5.74, 6) is 0.844. The number of aromatic amines is 2. The van der Waals surface area contributed by atoms with Gasteiger partial charge in [0.05, 0.1) is 12.6 Å². The van der Waals surface area contributed by atoms with Crippen LogP contribution in [0.2, 0.25) is 0 Å². The van der Waals surface area contributed by atoms with Crippen molar-refractivity contribution in [2.75, 3.05) is 12.0 Å². The zero-order chi connectivity index (χ0) is 23.1. The van der Waals surface area contributed by atoms with Crippen molar-refractivity contribution in [3.8, 4) is 5.75 Å². The molecule has 0 radical (unpaired) electrons. The molecular formula is C25H26N4O3S. The van der Waals surface area contributed by atoms with Crippen LogP contribution in [0, 0.1) is 4.77 Å². The van der Waals surface area contributed by atoms with Crippen LogP contribution in [0.4, 0.5) is 5.69 Å². The topological polar surface area (TPSA) is 83.1 Å². The zero-order valence-electron chi connectivity index (χ0n) is 18.7. The predicted molar refractivity (Wildman–Crippen MR) is 133 cm³/mol. The normalized spacial score (nSPS) is 15.3. The molecule has 4 aromatic rings. The van der Waals surface area contributed by atoms with Gasteiger partial charge in [-0.25, -0.2) is 0 Å². The number of nitrogens with one attached hydrogen (secondary N) is 2. The highest BCUT2D eigenvalue weighted by atomic mass is 32.1. The standard InChI is InChI=1S/C25H26N4O3S/c1-15-13-16-7-3-4-8-20(16)29(15)21(30)9-5-6-12-28-24(31)23-22(27-25(28)33)18-14-17(32-2)10-11-19(18)26-23/h3-4,7-8,10-11,14-15,26H,5-6,9,12-13H2,1-2H3,(H,27,33)/t15-/m0/s1. The number of carbonyl (C=O) groups is 1. The number of rotatable bonds is 6. The van der Waals surface area contributed by atoms with Gasteiger partial charge in [-0.05, 0) is 68.2 Å². The molecular weight excluding hydrogens is 436 g/mol. The maximum atomic E-state index is 13.1. The first kappa shape index (κ1) is 21.5. The number of H-pyrrole nitrogens is 2. The number of aromatic nitrogens is 3. The average Bonchev–Trinajstić information content (AvgIpc) is 3.34. The molecule has 2 aromatic heterocycles. The fraction of sp³-hybridized carbons (Fsp3) is 0.320. The first-order valence-electron chi connectivity index (χ1n) is 11.2. The van der Waals surface area contributed by atoms with Gasteiger partial charge in [0.1, 0.15) is 11.3 Å². The summed E-state index contributed by atoms with van der Waals surface area (Å²) in [5, 5.41) is 0.866. The number of hydrogen-bond acceptors (Lipinski definition) is 4. The summed E-state index contributed by atoms with van der Waals surface area (Å²) in [4.78, 5) is 34.3. The Hall–Kier alpha value is -3.39. The first-order valence-corrected chi connectivity index (χ1v) is 11.6. The van der Waals surface area contributed by atoms with Crippen LogP contribution in [0.15, 0.2) is 47.3 Å². The molecule has 0 saturated carbocycles. The van der Waals surface area contributed by atoms with Gasteiger partial charge in [-0.1, -0.05) is 18.2 Å². The lowest BCUT2D eigenvalue weighted by Gasteiger charge is -2.22. The highest BCUT2D eigenvalue weighted by Gasteiger charge is 2.29. The SMILES string of the molecule is COc1ccc2[nH]c3c(=O)n(CCCCC(=O)N4c5ccccc5C[C@@H]4C)c(=S)[nH]c3c2c1. The quantitative estimate of drug-likeness (QED) is 0.321. The Morgan fingerprint density at radius 2 is 1.97 bits per heavy atom. The van der Waals surface area contributed by atoms with Crippen LogP contribution >= 0.6 is 12.2 Å². The summed E-state index contributed by atoms with van der Waals surface area (Å²) in [6, 6.07) is 13.9. The van der Waals surface area contributed by atoms with Crippen LogP contribution in [-0.2, 0) is 17.8 Å². The van der Waals surface area contributed by atoms with Gasteiger partial charge >= 0.3 is 0 Å². The second kappa shape index (κ2) is 8.51. The van der Waals surface area contributed by atoms with E-state index in [2.05, 4.69) is 23.0 Å². The maximum absolute atomic E-state index is 13.1. The van der Waals surface area contributed by atoms with Crippen molar-refractivity contribution in [2.24, 2.45) is 0 Å². The van der Waals surface area contributed by atoms with Crippen LogP contribution in [0.25, 0.3) is 21.9 Å². The van der Waals surface area contributed by atoms with E-state index in [0.29, 0.717) is 47.4 Å². The minimum Gasteiger partial charge on any atom is -0.497 e. The largest absolute Gasteiger partial charge is 0.497 e. The third-order valence-corrected chi connectivity index (χ3v) is 6.76. The van der Waals surface area contributed by atoms with Crippen LogP contribution < -0.4 is 15.2 Å². The Morgan fingerprint density at radius 1 is 1.15 bits per heavy atom. The Labute approximate surface area is 196 Å². The van der Waals surface area contributed by atoms with E-state index >= 15 is 0 Å². The van der Waals surface area contributed by atoms with Crippen LogP contribution in [0.3, 0.4) is 0 Å². The van der Waals surface area contributed by atoms with Crippen molar-refractivity contribution in [2.45, 2.75) is 45.2 Å². The van der Waals surface area contributed by atoms with Crippen molar-refractivity contribution in [3.63, 3.8) is 0 Å². The molecule has 1 amide bonds. The van der Waals surface area contributed by atoms with Gasteiger partial charge in [0, 0.05) is 35.6 Å². The first-order chi connectivity index (χ1) is 16.0. The minimum atomic E-state index is -0.155. The highest BCUT2D eigenvalue weighted by Crippen LogP contribution is 2.32. The smallest absolute Gasteiger partial charge is 0.278 e. The molecule has 3 heterocycles. The number of nitrogens with zero attached hydrogens (tertiary/aromatic N) is 2. The lowest BCUT2D eigenvalue weighted by atomic mass is 10.1. The molecule has 0 bridgehead atoms. The van der Waals surface area contributed by atoms with Crippen molar-refractivity contribution >= 4 is 45.7 Å².